The molecule has 102 valence electrons. The zero-order valence-corrected chi connectivity index (χ0v) is 10.7. The first kappa shape index (κ1) is 14.4. The van der Waals surface area contributed by atoms with Crippen molar-refractivity contribution in [2.24, 2.45) is 0 Å². The first-order valence-electron chi connectivity index (χ1n) is 5.72. The van der Waals surface area contributed by atoms with E-state index in [9.17, 15) is 4.79 Å². The highest BCUT2D eigenvalue weighted by molar-refractivity contribution is 5.76. The van der Waals surface area contributed by atoms with Crippen molar-refractivity contribution in [1.29, 1.82) is 0 Å². The molecular formula is C10H19N5O3. The maximum Gasteiger partial charge on any atom is 0.315 e. The Labute approximate surface area is 105 Å². The second-order valence-corrected chi connectivity index (χ2v) is 3.55. The summed E-state index contributed by atoms with van der Waals surface area (Å²) < 4.78 is 10.1. The molecule has 0 unspecified atom stereocenters. The number of carbonyl (C=O) groups excluding carboxylic acids is 1. The topological polar surface area (TPSA) is 101 Å². The van der Waals surface area contributed by atoms with E-state index in [1.807, 2.05) is 0 Å². The van der Waals surface area contributed by atoms with Crippen LogP contribution >= 0.6 is 0 Å². The monoisotopic (exact) mass is 257 g/mol. The van der Waals surface area contributed by atoms with Gasteiger partial charge in [-0.25, -0.2) is 0 Å². The van der Waals surface area contributed by atoms with Crippen molar-refractivity contribution in [3.05, 3.63) is 5.89 Å². The molecule has 0 saturated heterocycles. The zero-order valence-electron chi connectivity index (χ0n) is 10.7. The van der Waals surface area contributed by atoms with Gasteiger partial charge in [0.2, 0.25) is 11.8 Å². The van der Waals surface area contributed by atoms with Gasteiger partial charge in [0.05, 0.1) is 13.2 Å². The molecule has 1 aromatic rings. The van der Waals surface area contributed by atoms with Gasteiger partial charge in [-0.3, -0.25) is 4.79 Å². The van der Waals surface area contributed by atoms with E-state index in [0.29, 0.717) is 44.6 Å². The molecule has 0 radical (unpaired) electrons. The largest absolute Gasteiger partial charge is 0.407 e. The summed E-state index contributed by atoms with van der Waals surface area (Å²) in [6, 6.07) is 0.324. The smallest absolute Gasteiger partial charge is 0.315 e. The van der Waals surface area contributed by atoms with Crippen LogP contribution in [0.2, 0.25) is 0 Å². The summed E-state index contributed by atoms with van der Waals surface area (Å²) in [5.41, 5.74) is 0. The fourth-order valence-corrected chi connectivity index (χ4v) is 1.21. The highest BCUT2D eigenvalue weighted by Gasteiger charge is 2.05. The molecule has 0 aromatic carbocycles. The van der Waals surface area contributed by atoms with Crippen LogP contribution in [0.1, 0.15) is 12.3 Å². The molecule has 1 rings (SSSR count). The van der Waals surface area contributed by atoms with Gasteiger partial charge >= 0.3 is 6.01 Å². The highest BCUT2D eigenvalue weighted by atomic mass is 16.5. The van der Waals surface area contributed by atoms with E-state index in [0.717, 1.165) is 0 Å². The first-order chi connectivity index (χ1) is 8.76. The van der Waals surface area contributed by atoms with E-state index in [4.69, 9.17) is 9.15 Å². The number of hydrogen-bond donors (Lipinski definition) is 3. The molecule has 0 atom stereocenters. The minimum atomic E-state index is -0.0467. The summed E-state index contributed by atoms with van der Waals surface area (Å²) in [6.07, 6.45) is 0.341. The van der Waals surface area contributed by atoms with Crippen LogP contribution in [0.25, 0.3) is 0 Å². The van der Waals surface area contributed by atoms with Crippen LogP contribution in [0.5, 0.6) is 0 Å². The van der Waals surface area contributed by atoms with Gasteiger partial charge < -0.3 is 25.1 Å². The summed E-state index contributed by atoms with van der Waals surface area (Å²) >= 11 is 0. The van der Waals surface area contributed by atoms with Crippen molar-refractivity contribution in [2.45, 2.75) is 13.0 Å². The molecule has 0 fully saturated rings. The molecule has 0 saturated carbocycles. The molecule has 8 heteroatoms. The molecule has 1 heterocycles. The van der Waals surface area contributed by atoms with Gasteiger partial charge in [0.15, 0.2) is 0 Å². The van der Waals surface area contributed by atoms with Crippen LogP contribution in [-0.2, 0) is 16.1 Å². The SMILES string of the molecule is CNCc1nnc(NCCC(=O)NCCOC)o1. The van der Waals surface area contributed by atoms with Crippen molar-refractivity contribution in [3.8, 4) is 0 Å². The van der Waals surface area contributed by atoms with E-state index >= 15 is 0 Å². The average molecular weight is 257 g/mol. The van der Waals surface area contributed by atoms with Gasteiger partial charge in [-0.2, -0.15) is 0 Å². The van der Waals surface area contributed by atoms with Crippen molar-refractivity contribution in [1.82, 2.24) is 20.8 Å². The fraction of sp³-hybridized carbons (Fsp3) is 0.700. The van der Waals surface area contributed by atoms with Gasteiger partial charge in [-0.1, -0.05) is 5.10 Å². The van der Waals surface area contributed by atoms with Crippen LogP contribution in [0.4, 0.5) is 6.01 Å². The standard InChI is InChI=1S/C10H19N5O3/c1-11-7-9-14-15-10(18-9)13-4-3-8(16)12-5-6-17-2/h11H,3-7H2,1-2H3,(H,12,16)(H,13,15). The molecule has 18 heavy (non-hydrogen) atoms. The quantitative estimate of drug-likeness (QED) is 0.505. The predicted octanol–water partition coefficient (Wildman–Crippen LogP) is -0.646. The Morgan fingerprint density at radius 2 is 2.22 bits per heavy atom. The molecule has 0 aliphatic rings. The van der Waals surface area contributed by atoms with Crippen LogP contribution in [0.15, 0.2) is 4.42 Å². The van der Waals surface area contributed by atoms with E-state index in [1.165, 1.54) is 0 Å². The third-order valence-electron chi connectivity index (χ3n) is 2.05. The van der Waals surface area contributed by atoms with Gasteiger partial charge in [-0.05, 0) is 7.05 Å². The Morgan fingerprint density at radius 1 is 1.39 bits per heavy atom. The fourth-order valence-electron chi connectivity index (χ4n) is 1.21. The van der Waals surface area contributed by atoms with E-state index in [2.05, 4.69) is 26.1 Å². The molecule has 8 nitrogen and oxygen atoms in total. The maximum atomic E-state index is 11.3. The van der Waals surface area contributed by atoms with Crippen LogP contribution in [-0.4, -0.2) is 50.0 Å². The third-order valence-corrected chi connectivity index (χ3v) is 2.05. The van der Waals surface area contributed by atoms with Crippen molar-refractivity contribution >= 4 is 11.9 Å². The number of carbonyl (C=O) groups is 1. The van der Waals surface area contributed by atoms with E-state index in [1.54, 1.807) is 14.2 Å². The van der Waals surface area contributed by atoms with Crippen LogP contribution in [0.3, 0.4) is 0 Å². The Hall–Kier alpha value is -1.67. The molecule has 1 amide bonds. The van der Waals surface area contributed by atoms with Gasteiger partial charge in [0.25, 0.3) is 0 Å². The molecular weight excluding hydrogens is 238 g/mol. The Bertz CT molecular complexity index is 355. The number of rotatable bonds is 9. The van der Waals surface area contributed by atoms with Crippen LogP contribution < -0.4 is 16.0 Å². The van der Waals surface area contributed by atoms with Crippen LogP contribution in [0, 0.1) is 0 Å². The summed E-state index contributed by atoms with van der Waals surface area (Å²) in [5, 5.41) is 16.1. The maximum absolute atomic E-state index is 11.3. The number of anilines is 1. The second kappa shape index (κ2) is 8.43. The van der Waals surface area contributed by atoms with Gasteiger partial charge in [0, 0.05) is 26.6 Å². The number of methoxy groups -OCH3 is 1. The zero-order chi connectivity index (χ0) is 13.2. The number of ether oxygens (including phenoxy) is 1. The number of nitrogens with one attached hydrogen (secondary N) is 3. The molecule has 0 aliphatic heterocycles. The lowest BCUT2D eigenvalue weighted by molar-refractivity contribution is -0.121. The Morgan fingerprint density at radius 3 is 2.94 bits per heavy atom. The number of nitrogens with zero attached hydrogens (tertiary/aromatic N) is 2. The normalized spacial score (nSPS) is 10.3. The summed E-state index contributed by atoms with van der Waals surface area (Å²) in [5.74, 6) is 0.457. The summed E-state index contributed by atoms with van der Waals surface area (Å²) in [7, 11) is 3.38. The Balaban J connectivity index is 2.14. The van der Waals surface area contributed by atoms with Crippen molar-refractivity contribution in [2.75, 3.05) is 39.2 Å². The summed E-state index contributed by atoms with van der Waals surface area (Å²) in [4.78, 5) is 11.3. The lowest BCUT2D eigenvalue weighted by Gasteiger charge is -2.04. The average Bonchev–Trinajstić information content (AvgIpc) is 2.78. The minimum Gasteiger partial charge on any atom is -0.407 e. The van der Waals surface area contributed by atoms with Crippen molar-refractivity contribution < 1.29 is 13.9 Å². The highest BCUT2D eigenvalue weighted by Crippen LogP contribution is 2.04. The second-order valence-electron chi connectivity index (χ2n) is 3.55. The van der Waals surface area contributed by atoms with E-state index < -0.39 is 0 Å². The Kier molecular flexibility index (Phi) is 6.74. The molecule has 0 bridgehead atoms. The van der Waals surface area contributed by atoms with E-state index in [-0.39, 0.29) is 5.91 Å². The minimum absolute atomic E-state index is 0.0467. The number of hydrogen-bond acceptors (Lipinski definition) is 7. The first-order valence-corrected chi connectivity index (χ1v) is 5.72. The third kappa shape index (κ3) is 5.60. The predicted molar refractivity (Wildman–Crippen MR) is 65.1 cm³/mol. The molecule has 0 spiro atoms. The van der Waals surface area contributed by atoms with Gasteiger partial charge in [-0.15, -0.1) is 5.10 Å². The lowest BCUT2D eigenvalue weighted by atomic mass is 10.4. The molecule has 0 aliphatic carbocycles. The lowest BCUT2D eigenvalue weighted by Crippen LogP contribution is -2.28. The van der Waals surface area contributed by atoms with Crippen molar-refractivity contribution in [3.63, 3.8) is 0 Å². The van der Waals surface area contributed by atoms with Gasteiger partial charge in [0.1, 0.15) is 0 Å². The number of amides is 1. The number of aromatic nitrogens is 2. The molecule has 1 aromatic heterocycles. The summed E-state index contributed by atoms with van der Waals surface area (Å²) in [6.45, 7) is 1.99. The molecule has 3 N–H and O–H groups in total.